The van der Waals surface area contributed by atoms with Crippen LogP contribution in [0, 0.1) is 29.9 Å². The lowest BCUT2D eigenvalue weighted by Gasteiger charge is -2.09. The highest BCUT2D eigenvalue weighted by Crippen LogP contribution is 2.23. The van der Waals surface area contributed by atoms with Crippen molar-refractivity contribution in [1.82, 2.24) is 4.98 Å². The second kappa shape index (κ2) is 7.19. The van der Waals surface area contributed by atoms with Crippen molar-refractivity contribution in [3.05, 3.63) is 87.3 Å². The first kappa shape index (κ1) is 17.4. The Labute approximate surface area is 148 Å². The average Bonchev–Trinajstić information content (AvgIpc) is 2.61. The summed E-state index contributed by atoms with van der Waals surface area (Å²) >= 11 is 0. The Hall–Kier alpha value is -3.46. The molecule has 0 radical (unpaired) electrons. The van der Waals surface area contributed by atoms with Gasteiger partial charge in [0.15, 0.2) is 11.6 Å². The van der Waals surface area contributed by atoms with Crippen LogP contribution in [-0.4, -0.2) is 4.98 Å². The molecule has 1 N–H and O–H groups in total. The van der Waals surface area contributed by atoms with Gasteiger partial charge in [0, 0.05) is 17.3 Å². The predicted molar refractivity (Wildman–Crippen MR) is 92.6 cm³/mol. The maximum Gasteiger partial charge on any atom is 0.266 e. The minimum absolute atomic E-state index is 0.0348. The highest BCUT2D eigenvalue weighted by molar-refractivity contribution is 5.70. The van der Waals surface area contributed by atoms with Gasteiger partial charge in [-0.05, 0) is 36.2 Å². The van der Waals surface area contributed by atoms with Crippen molar-refractivity contribution < 1.29 is 13.5 Å². The van der Waals surface area contributed by atoms with Crippen LogP contribution < -0.4 is 10.3 Å². The molecule has 26 heavy (non-hydrogen) atoms. The van der Waals surface area contributed by atoms with Gasteiger partial charge in [0.05, 0.1) is 0 Å². The van der Waals surface area contributed by atoms with Gasteiger partial charge < -0.3 is 9.72 Å². The Balaban J connectivity index is 1.81. The number of aromatic nitrogens is 1. The van der Waals surface area contributed by atoms with E-state index in [2.05, 4.69) is 4.98 Å². The first-order valence-corrected chi connectivity index (χ1v) is 7.79. The van der Waals surface area contributed by atoms with E-state index in [4.69, 9.17) is 4.74 Å². The molecule has 0 aliphatic carbocycles. The molecular weight excluding hydrogens is 338 g/mol. The van der Waals surface area contributed by atoms with Crippen molar-refractivity contribution in [2.75, 3.05) is 0 Å². The van der Waals surface area contributed by atoms with Crippen molar-refractivity contribution in [2.24, 2.45) is 0 Å². The number of hydrogen-bond acceptors (Lipinski definition) is 3. The van der Waals surface area contributed by atoms with Gasteiger partial charge in [-0.1, -0.05) is 24.3 Å². The monoisotopic (exact) mass is 352 g/mol. The molecule has 0 fully saturated rings. The smallest absolute Gasteiger partial charge is 0.266 e. The van der Waals surface area contributed by atoms with E-state index in [1.165, 1.54) is 6.07 Å². The van der Waals surface area contributed by atoms with Crippen molar-refractivity contribution >= 4 is 0 Å². The number of nitrogens with one attached hydrogen (secondary N) is 1. The molecular formula is C20H14F2N2O2. The third-order valence-electron chi connectivity index (χ3n) is 3.83. The molecule has 1 aromatic heterocycles. The summed E-state index contributed by atoms with van der Waals surface area (Å²) in [5.41, 5.74) is 2.30. The number of H-pyrrole nitrogens is 1. The van der Waals surface area contributed by atoms with Gasteiger partial charge in [-0.3, -0.25) is 4.79 Å². The number of halogens is 2. The second-order valence-corrected chi connectivity index (χ2v) is 5.74. The minimum atomic E-state index is -0.765. The summed E-state index contributed by atoms with van der Waals surface area (Å²) in [7, 11) is 0. The molecule has 0 saturated heterocycles. The van der Waals surface area contributed by atoms with E-state index in [-0.39, 0.29) is 17.9 Å². The van der Waals surface area contributed by atoms with Gasteiger partial charge in [0.2, 0.25) is 0 Å². The summed E-state index contributed by atoms with van der Waals surface area (Å²) in [4.78, 5) is 14.5. The molecule has 3 rings (SSSR count). The Morgan fingerprint density at radius 3 is 2.50 bits per heavy atom. The number of aryl methyl sites for hydroxylation is 1. The maximum absolute atomic E-state index is 13.6. The molecule has 0 aliphatic rings. The number of hydrogen-bond donors (Lipinski definition) is 1. The van der Waals surface area contributed by atoms with Crippen molar-refractivity contribution in [3.8, 4) is 22.9 Å². The topological polar surface area (TPSA) is 65.9 Å². The lowest BCUT2D eigenvalue weighted by atomic mass is 10.00. The Bertz CT molecular complexity index is 1050. The molecule has 0 unspecified atom stereocenters. The lowest BCUT2D eigenvalue weighted by molar-refractivity contribution is 0.289. The summed E-state index contributed by atoms with van der Waals surface area (Å²) < 4.78 is 31.8. The fourth-order valence-electron chi connectivity index (χ4n) is 2.56. The zero-order valence-electron chi connectivity index (χ0n) is 13.8. The van der Waals surface area contributed by atoms with Crippen molar-refractivity contribution in [1.29, 1.82) is 5.26 Å². The molecule has 0 bridgehead atoms. The normalized spacial score (nSPS) is 10.4. The van der Waals surface area contributed by atoms with Crippen LogP contribution in [0.15, 0.2) is 53.3 Å². The molecule has 0 spiro atoms. The third kappa shape index (κ3) is 3.62. The van der Waals surface area contributed by atoms with Gasteiger partial charge in [0.1, 0.15) is 24.1 Å². The Morgan fingerprint density at radius 1 is 1.12 bits per heavy atom. The third-order valence-corrected chi connectivity index (χ3v) is 3.83. The van der Waals surface area contributed by atoms with Crippen LogP contribution >= 0.6 is 0 Å². The summed E-state index contributed by atoms with van der Waals surface area (Å²) in [6.45, 7) is 1.84. The van der Waals surface area contributed by atoms with Crippen LogP contribution in [-0.2, 0) is 6.61 Å². The number of pyridine rings is 1. The van der Waals surface area contributed by atoms with Crippen molar-refractivity contribution in [3.63, 3.8) is 0 Å². The molecule has 0 aliphatic heterocycles. The van der Waals surface area contributed by atoms with Crippen LogP contribution in [0.5, 0.6) is 5.75 Å². The molecule has 130 valence electrons. The fraction of sp³-hybridized carbons (Fsp3) is 0.100. The van der Waals surface area contributed by atoms with Gasteiger partial charge in [-0.15, -0.1) is 0 Å². The van der Waals surface area contributed by atoms with Crippen LogP contribution in [0.3, 0.4) is 0 Å². The predicted octanol–water partition coefficient (Wildman–Crippen LogP) is 4.08. The van der Waals surface area contributed by atoms with Gasteiger partial charge in [-0.2, -0.15) is 5.26 Å². The lowest BCUT2D eigenvalue weighted by Crippen LogP contribution is -2.12. The number of nitriles is 1. The van der Waals surface area contributed by atoms with Crippen LogP contribution in [0.25, 0.3) is 11.1 Å². The molecule has 4 nitrogen and oxygen atoms in total. The molecule has 0 atom stereocenters. The number of ether oxygens (including phenoxy) is 1. The number of rotatable bonds is 4. The fourth-order valence-corrected chi connectivity index (χ4v) is 2.56. The first-order chi connectivity index (χ1) is 12.5. The Kier molecular flexibility index (Phi) is 4.81. The minimum Gasteiger partial charge on any atom is -0.486 e. The SMILES string of the molecule is Cc1cc(-c2ccc(COc3ccc(F)cc3F)cc2)c(C#N)c(=O)[nH]1. The zero-order valence-corrected chi connectivity index (χ0v) is 13.8. The molecule has 3 aromatic rings. The quantitative estimate of drug-likeness (QED) is 0.769. The molecule has 0 saturated carbocycles. The van der Waals surface area contributed by atoms with E-state index in [1.54, 1.807) is 37.3 Å². The van der Waals surface area contributed by atoms with E-state index in [1.807, 2.05) is 6.07 Å². The van der Waals surface area contributed by atoms with Crippen LogP contribution in [0.4, 0.5) is 8.78 Å². The zero-order chi connectivity index (χ0) is 18.7. The summed E-state index contributed by atoms with van der Waals surface area (Å²) in [5, 5.41) is 9.21. The standard InChI is InChI=1S/C20H14F2N2O2/c1-12-8-16(17(10-23)20(25)24-12)14-4-2-13(3-5-14)11-26-19-7-6-15(21)9-18(19)22/h2-9H,11H2,1H3,(H,24,25). The van der Waals surface area contributed by atoms with E-state index in [9.17, 15) is 18.8 Å². The van der Waals surface area contributed by atoms with Gasteiger partial charge in [0.25, 0.3) is 5.56 Å². The number of nitrogens with zero attached hydrogens (tertiary/aromatic N) is 1. The van der Waals surface area contributed by atoms with E-state index < -0.39 is 17.2 Å². The van der Waals surface area contributed by atoms with E-state index in [0.29, 0.717) is 16.8 Å². The first-order valence-electron chi connectivity index (χ1n) is 7.79. The molecule has 1 heterocycles. The summed E-state index contributed by atoms with van der Waals surface area (Å²) in [5.74, 6) is -1.47. The number of benzene rings is 2. The van der Waals surface area contributed by atoms with Crippen molar-refractivity contribution in [2.45, 2.75) is 13.5 Å². The molecule has 0 amide bonds. The van der Waals surface area contributed by atoms with Crippen LogP contribution in [0.1, 0.15) is 16.8 Å². The maximum atomic E-state index is 13.6. The summed E-state index contributed by atoms with van der Waals surface area (Å²) in [6, 6.07) is 13.8. The second-order valence-electron chi connectivity index (χ2n) is 5.74. The Morgan fingerprint density at radius 2 is 1.85 bits per heavy atom. The molecule has 2 aromatic carbocycles. The average molecular weight is 352 g/mol. The van der Waals surface area contributed by atoms with Gasteiger partial charge >= 0.3 is 0 Å². The van der Waals surface area contributed by atoms with Gasteiger partial charge in [-0.25, -0.2) is 8.78 Å². The highest BCUT2D eigenvalue weighted by atomic mass is 19.1. The van der Waals surface area contributed by atoms with E-state index >= 15 is 0 Å². The number of aromatic amines is 1. The largest absolute Gasteiger partial charge is 0.486 e. The van der Waals surface area contributed by atoms with Crippen LogP contribution in [0.2, 0.25) is 0 Å². The summed E-state index contributed by atoms with van der Waals surface area (Å²) in [6.07, 6.45) is 0. The molecule has 6 heteroatoms. The highest BCUT2D eigenvalue weighted by Gasteiger charge is 2.10. The van der Waals surface area contributed by atoms with E-state index in [0.717, 1.165) is 17.7 Å².